The summed E-state index contributed by atoms with van der Waals surface area (Å²) in [5, 5.41) is 13.8. The number of rotatable bonds is 6. The standard InChI is InChI=1S/C19H16ClN7O3/c20-13-3-1-12(2-4-13)10-26-11-22-17-14(19(26)30)9-23-27(17)8-7-21-18(29)15-5-6-16(28)25-24-15/h1-6,9,11H,7-8,10H2,(H,21,29)(H,25,28). The summed E-state index contributed by atoms with van der Waals surface area (Å²) in [6, 6.07) is 9.79. The minimum atomic E-state index is -0.430. The fourth-order valence-corrected chi connectivity index (χ4v) is 3.02. The number of aromatic amines is 1. The summed E-state index contributed by atoms with van der Waals surface area (Å²) in [7, 11) is 0. The number of H-pyrrole nitrogens is 1. The van der Waals surface area contributed by atoms with Crippen LogP contribution in [-0.4, -0.2) is 42.0 Å². The molecule has 0 atom stereocenters. The van der Waals surface area contributed by atoms with E-state index in [-0.39, 0.29) is 23.4 Å². The lowest BCUT2D eigenvalue weighted by Crippen LogP contribution is -2.29. The fraction of sp³-hybridized carbons (Fsp3) is 0.158. The van der Waals surface area contributed by atoms with Crippen LogP contribution >= 0.6 is 11.6 Å². The van der Waals surface area contributed by atoms with Crippen molar-refractivity contribution in [2.45, 2.75) is 13.1 Å². The summed E-state index contributed by atoms with van der Waals surface area (Å²) in [6.07, 6.45) is 2.94. The minimum Gasteiger partial charge on any atom is -0.349 e. The van der Waals surface area contributed by atoms with Gasteiger partial charge in [-0.2, -0.15) is 10.2 Å². The van der Waals surface area contributed by atoms with Crippen molar-refractivity contribution < 1.29 is 4.79 Å². The van der Waals surface area contributed by atoms with Crippen LogP contribution in [0.25, 0.3) is 11.0 Å². The van der Waals surface area contributed by atoms with Gasteiger partial charge in [-0.15, -0.1) is 0 Å². The summed E-state index contributed by atoms with van der Waals surface area (Å²) in [4.78, 5) is 40.1. The largest absolute Gasteiger partial charge is 0.349 e. The van der Waals surface area contributed by atoms with Crippen LogP contribution in [0.4, 0.5) is 0 Å². The molecule has 30 heavy (non-hydrogen) atoms. The third-order valence-corrected chi connectivity index (χ3v) is 4.66. The van der Waals surface area contributed by atoms with Crippen LogP contribution in [0.3, 0.4) is 0 Å². The van der Waals surface area contributed by atoms with E-state index in [9.17, 15) is 14.4 Å². The van der Waals surface area contributed by atoms with E-state index >= 15 is 0 Å². The maximum atomic E-state index is 12.7. The Hall–Kier alpha value is -3.79. The number of halogens is 1. The van der Waals surface area contributed by atoms with E-state index in [2.05, 4.69) is 25.6 Å². The third-order valence-electron chi connectivity index (χ3n) is 4.41. The van der Waals surface area contributed by atoms with E-state index in [4.69, 9.17) is 11.6 Å². The second kappa shape index (κ2) is 8.29. The first-order valence-corrected chi connectivity index (χ1v) is 9.38. The first-order valence-electron chi connectivity index (χ1n) is 9.00. The lowest BCUT2D eigenvalue weighted by Gasteiger charge is -2.07. The summed E-state index contributed by atoms with van der Waals surface area (Å²) in [6.45, 7) is 0.921. The van der Waals surface area contributed by atoms with E-state index in [1.165, 1.54) is 29.2 Å². The van der Waals surface area contributed by atoms with Gasteiger partial charge in [0.2, 0.25) is 0 Å². The highest BCUT2D eigenvalue weighted by atomic mass is 35.5. The van der Waals surface area contributed by atoms with Crippen molar-refractivity contribution in [2.24, 2.45) is 0 Å². The first-order chi connectivity index (χ1) is 14.5. The molecule has 1 aromatic carbocycles. The molecule has 0 aliphatic carbocycles. The molecule has 0 aliphatic rings. The van der Waals surface area contributed by atoms with Crippen molar-refractivity contribution in [3.63, 3.8) is 0 Å². The van der Waals surface area contributed by atoms with Gasteiger partial charge >= 0.3 is 0 Å². The Morgan fingerprint density at radius 1 is 1.13 bits per heavy atom. The van der Waals surface area contributed by atoms with Gasteiger partial charge in [0.05, 0.1) is 19.3 Å². The topological polar surface area (TPSA) is 128 Å². The molecule has 10 nitrogen and oxygen atoms in total. The lowest BCUT2D eigenvalue weighted by molar-refractivity contribution is 0.0946. The highest BCUT2D eigenvalue weighted by molar-refractivity contribution is 6.30. The zero-order chi connectivity index (χ0) is 21.1. The number of nitrogens with one attached hydrogen (secondary N) is 2. The van der Waals surface area contributed by atoms with Gasteiger partial charge < -0.3 is 5.32 Å². The van der Waals surface area contributed by atoms with Gasteiger partial charge in [0, 0.05) is 17.6 Å². The van der Waals surface area contributed by atoms with Gasteiger partial charge in [-0.3, -0.25) is 19.0 Å². The van der Waals surface area contributed by atoms with E-state index in [1.54, 1.807) is 16.8 Å². The molecule has 0 fully saturated rings. The van der Waals surface area contributed by atoms with Crippen LogP contribution in [-0.2, 0) is 13.1 Å². The highest BCUT2D eigenvalue weighted by Crippen LogP contribution is 2.11. The van der Waals surface area contributed by atoms with Gasteiger partial charge in [-0.1, -0.05) is 23.7 Å². The minimum absolute atomic E-state index is 0.100. The number of carbonyl (C=O) groups excluding carboxylic acids is 1. The number of benzene rings is 1. The quantitative estimate of drug-likeness (QED) is 0.470. The number of carbonyl (C=O) groups is 1. The summed E-state index contributed by atoms with van der Waals surface area (Å²) < 4.78 is 3.05. The zero-order valence-electron chi connectivity index (χ0n) is 15.6. The number of hydrogen-bond donors (Lipinski definition) is 2. The Kier molecular flexibility index (Phi) is 5.40. The Morgan fingerprint density at radius 2 is 1.93 bits per heavy atom. The molecule has 1 amide bonds. The smallest absolute Gasteiger partial charge is 0.271 e. The SMILES string of the molecule is O=C(NCCn1ncc2c(=O)n(Cc3ccc(Cl)cc3)cnc21)c1ccc(=O)[nH]n1. The molecule has 11 heteroatoms. The fourth-order valence-electron chi connectivity index (χ4n) is 2.90. The summed E-state index contributed by atoms with van der Waals surface area (Å²) in [5.41, 5.74) is 0.866. The second-order valence-electron chi connectivity index (χ2n) is 6.47. The Bertz CT molecular complexity index is 1300. The van der Waals surface area contributed by atoms with Crippen LogP contribution < -0.4 is 16.4 Å². The maximum Gasteiger partial charge on any atom is 0.271 e. The van der Waals surface area contributed by atoms with E-state index in [0.717, 1.165) is 5.56 Å². The van der Waals surface area contributed by atoms with E-state index in [1.807, 2.05) is 12.1 Å². The lowest BCUT2D eigenvalue weighted by atomic mass is 10.2. The molecular weight excluding hydrogens is 410 g/mol. The molecule has 0 saturated heterocycles. The predicted molar refractivity (Wildman–Crippen MR) is 110 cm³/mol. The molecule has 4 rings (SSSR count). The number of nitrogens with zero attached hydrogens (tertiary/aromatic N) is 5. The number of hydrogen-bond acceptors (Lipinski definition) is 6. The summed E-state index contributed by atoms with van der Waals surface area (Å²) >= 11 is 5.89. The van der Waals surface area contributed by atoms with Crippen LogP contribution in [0, 0.1) is 0 Å². The molecule has 3 aromatic heterocycles. The molecule has 0 bridgehead atoms. The monoisotopic (exact) mass is 425 g/mol. The first kappa shape index (κ1) is 19.5. The number of amides is 1. The van der Waals surface area contributed by atoms with Crippen molar-refractivity contribution in [1.29, 1.82) is 0 Å². The molecule has 4 aromatic rings. The van der Waals surface area contributed by atoms with Gasteiger partial charge in [0.15, 0.2) is 5.65 Å². The highest BCUT2D eigenvalue weighted by Gasteiger charge is 2.12. The van der Waals surface area contributed by atoms with Gasteiger partial charge in [-0.25, -0.2) is 14.8 Å². The molecule has 0 unspecified atom stereocenters. The van der Waals surface area contributed by atoms with Crippen LogP contribution in [0.15, 0.2) is 58.5 Å². The van der Waals surface area contributed by atoms with Crippen LogP contribution in [0.1, 0.15) is 16.1 Å². The van der Waals surface area contributed by atoms with Crippen molar-refractivity contribution in [1.82, 2.24) is 34.8 Å². The Balaban J connectivity index is 1.45. The molecule has 0 radical (unpaired) electrons. The van der Waals surface area contributed by atoms with E-state index in [0.29, 0.717) is 29.1 Å². The number of aromatic nitrogens is 6. The molecule has 0 aliphatic heterocycles. The van der Waals surface area contributed by atoms with Gasteiger partial charge in [-0.05, 0) is 23.8 Å². The zero-order valence-corrected chi connectivity index (χ0v) is 16.3. The van der Waals surface area contributed by atoms with Crippen molar-refractivity contribution >= 4 is 28.5 Å². The summed E-state index contributed by atoms with van der Waals surface area (Å²) in [5.74, 6) is -0.430. The second-order valence-corrected chi connectivity index (χ2v) is 6.91. The van der Waals surface area contributed by atoms with Crippen molar-refractivity contribution in [3.05, 3.63) is 85.9 Å². The maximum absolute atomic E-state index is 12.7. The Labute approximate surface area is 174 Å². The van der Waals surface area contributed by atoms with Crippen molar-refractivity contribution in [2.75, 3.05) is 6.54 Å². The third kappa shape index (κ3) is 4.13. The molecule has 3 heterocycles. The van der Waals surface area contributed by atoms with E-state index < -0.39 is 5.91 Å². The van der Waals surface area contributed by atoms with Crippen LogP contribution in [0.2, 0.25) is 5.02 Å². The average Bonchev–Trinajstić information content (AvgIpc) is 3.16. The molecule has 0 spiro atoms. The van der Waals surface area contributed by atoms with Gasteiger partial charge in [0.1, 0.15) is 17.4 Å². The number of fused-ring (bicyclic) bond motifs is 1. The van der Waals surface area contributed by atoms with Crippen LogP contribution in [0.5, 0.6) is 0 Å². The predicted octanol–water partition coefficient (Wildman–Crippen LogP) is 0.808. The molecule has 0 saturated carbocycles. The molecule has 152 valence electrons. The van der Waals surface area contributed by atoms with Gasteiger partial charge in [0.25, 0.3) is 17.0 Å². The van der Waals surface area contributed by atoms with Crippen molar-refractivity contribution in [3.8, 4) is 0 Å². The average molecular weight is 426 g/mol. The molecular formula is C19H16ClN7O3. The normalized spacial score (nSPS) is 11.0. The Morgan fingerprint density at radius 3 is 2.67 bits per heavy atom. The molecule has 2 N–H and O–H groups in total.